The van der Waals surface area contributed by atoms with E-state index in [1.165, 1.54) is 6.07 Å². The average Bonchev–Trinajstić information content (AvgIpc) is 2.43. The van der Waals surface area contributed by atoms with Crippen molar-refractivity contribution in [1.29, 1.82) is 0 Å². The predicted molar refractivity (Wildman–Crippen MR) is 78.0 cm³/mol. The molecule has 106 valence electrons. The lowest BCUT2D eigenvalue weighted by atomic mass is 10.0. The minimum Gasteiger partial charge on any atom is -0.310 e. The Hall–Kier alpha value is -0.640. The second kappa shape index (κ2) is 5.78. The molecule has 1 aromatic carbocycles. The molecule has 1 aromatic rings. The van der Waals surface area contributed by atoms with Crippen molar-refractivity contribution in [3.63, 3.8) is 0 Å². The van der Waals surface area contributed by atoms with E-state index in [-0.39, 0.29) is 11.4 Å². The Balaban J connectivity index is 2.17. The van der Waals surface area contributed by atoms with Gasteiger partial charge < -0.3 is 5.32 Å². The van der Waals surface area contributed by atoms with Crippen LogP contribution in [0, 0.1) is 5.82 Å². The predicted octanol–water partition coefficient (Wildman–Crippen LogP) is 3.44. The van der Waals surface area contributed by atoms with E-state index >= 15 is 0 Å². The molecular weight excluding hydrogens is 263 g/mol. The molecule has 1 unspecified atom stereocenters. The summed E-state index contributed by atoms with van der Waals surface area (Å²) in [6.07, 6.45) is 1.09. The van der Waals surface area contributed by atoms with E-state index in [2.05, 4.69) is 31.0 Å². The van der Waals surface area contributed by atoms with E-state index in [0.717, 1.165) is 25.1 Å². The molecule has 4 heteroatoms. The van der Waals surface area contributed by atoms with Crippen LogP contribution in [0.1, 0.15) is 32.8 Å². The molecule has 0 spiro atoms. The Labute approximate surface area is 119 Å². The van der Waals surface area contributed by atoms with Crippen molar-refractivity contribution in [3.8, 4) is 0 Å². The van der Waals surface area contributed by atoms with Gasteiger partial charge in [0.25, 0.3) is 0 Å². The van der Waals surface area contributed by atoms with Crippen molar-refractivity contribution < 1.29 is 4.39 Å². The molecule has 0 saturated carbocycles. The number of benzene rings is 1. The van der Waals surface area contributed by atoms with E-state index in [1.807, 2.05) is 0 Å². The van der Waals surface area contributed by atoms with Crippen LogP contribution in [0.4, 0.5) is 4.39 Å². The van der Waals surface area contributed by atoms with Crippen LogP contribution in [-0.4, -0.2) is 29.6 Å². The number of halogens is 2. The van der Waals surface area contributed by atoms with Gasteiger partial charge in [-0.05, 0) is 57.5 Å². The normalized spacial score (nSPS) is 24.2. The van der Waals surface area contributed by atoms with Gasteiger partial charge in [-0.15, -0.1) is 0 Å². The van der Waals surface area contributed by atoms with Crippen molar-refractivity contribution in [2.45, 2.75) is 45.3 Å². The third-order valence-corrected chi connectivity index (χ3v) is 4.14. The molecule has 2 nitrogen and oxygen atoms in total. The zero-order chi connectivity index (χ0) is 14.0. The number of nitrogens with zero attached hydrogens (tertiary/aromatic N) is 1. The summed E-state index contributed by atoms with van der Waals surface area (Å²) in [6.45, 7) is 9.26. The summed E-state index contributed by atoms with van der Waals surface area (Å²) in [7, 11) is 0. The average molecular weight is 285 g/mol. The molecule has 1 heterocycles. The summed E-state index contributed by atoms with van der Waals surface area (Å²) in [6, 6.07) is 5.05. The van der Waals surface area contributed by atoms with Gasteiger partial charge in [0.15, 0.2) is 0 Å². The van der Waals surface area contributed by atoms with Gasteiger partial charge in [-0.3, -0.25) is 4.90 Å². The van der Waals surface area contributed by atoms with Crippen LogP contribution in [0.15, 0.2) is 18.2 Å². The van der Waals surface area contributed by atoms with Gasteiger partial charge in [-0.2, -0.15) is 0 Å². The SMILES string of the molecule is CC1CCNC(C)(C)CN1Cc1cc(F)ccc1Cl. The highest BCUT2D eigenvalue weighted by molar-refractivity contribution is 6.31. The van der Waals surface area contributed by atoms with E-state index < -0.39 is 0 Å². The van der Waals surface area contributed by atoms with Gasteiger partial charge in [0, 0.05) is 29.7 Å². The Morgan fingerprint density at radius 2 is 2.21 bits per heavy atom. The van der Waals surface area contributed by atoms with Crippen LogP contribution >= 0.6 is 11.6 Å². The number of hydrogen-bond donors (Lipinski definition) is 1. The van der Waals surface area contributed by atoms with E-state index in [0.29, 0.717) is 17.6 Å². The molecule has 1 fully saturated rings. The molecule has 1 N–H and O–H groups in total. The monoisotopic (exact) mass is 284 g/mol. The highest BCUT2D eigenvalue weighted by atomic mass is 35.5. The summed E-state index contributed by atoms with van der Waals surface area (Å²) in [5.74, 6) is -0.223. The Bertz CT molecular complexity index is 448. The third kappa shape index (κ3) is 3.91. The first-order chi connectivity index (χ1) is 8.87. The maximum Gasteiger partial charge on any atom is 0.123 e. The molecule has 0 amide bonds. The lowest BCUT2D eigenvalue weighted by molar-refractivity contribution is 0.173. The van der Waals surface area contributed by atoms with Crippen LogP contribution in [0.3, 0.4) is 0 Å². The fourth-order valence-corrected chi connectivity index (χ4v) is 2.79. The summed E-state index contributed by atoms with van der Waals surface area (Å²) < 4.78 is 13.3. The second-order valence-corrected chi connectivity index (χ2v) is 6.50. The van der Waals surface area contributed by atoms with Crippen molar-refractivity contribution in [2.75, 3.05) is 13.1 Å². The van der Waals surface area contributed by atoms with Crippen molar-refractivity contribution in [1.82, 2.24) is 10.2 Å². The van der Waals surface area contributed by atoms with E-state index in [9.17, 15) is 4.39 Å². The van der Waals surface area contributed by atoms with Crippen LogP contribution in [0.25, 0.3) is 0 Å². The molecule has 1 aliphatic rings. The molecule has 0 aliphatic carbocycles. The Morgan fingerprint density at radius 3 is 2.95 bits per heavy atom. The van der Waals surface area contributed by atoms with E-state index in [1.54, 1.807) is 12.1 Å². The Kier molecular flexibility index (Phi) is 4.49. The maximum absolute atomic E-state index is 13.3. The topological polar surface area (TPSA) is 15.3 Å². The molecule has 0 bridgehead atoms. The number of hydrogen-bond acceptors (Lipinski definition) is 2. The standard InChI is InChI=1S/C15H22ClFN2/c1-11-6-7-18-15(2,3)10-19(11)9-12-8-13(17)4-5-14(12)16/h4-5,8,11,18H,6-7,9-10H2,1-3H3. The highest BCUT2D eigenvalue weighted by Crippen LogP contribution is 2.23. The largest absolute Gasteiger partial charge is 0.310 e. The zero-order valence-electron chi connectivity index (χ0n) is 11.8. The molecule has 0 aromatic heterocycles. The van der Waals surface area contributed by atoms with Gasteiger partial charge in [0.1, 0.15) is 5.82 Å². The van der Waals surface area contributed by atoms with Gasteiger partial charge in [0.05, 0.1) is 0 Å². The smallest absolute Gasteiger partial charge is 0.123 e. The lowest BCUT2D eigenvalue weighted by Gasteiger charge is -2.33. The van der Waals surface area contributed by atoms with Crippen molar-refractivity contribution >= 4 is 11.6 Å². The maximum atomic E-state index is 13.3. The minimum atomic E-state index is -0.223. The fraction of sp³-hybridized carbons (Fsp3) is 0.600. The second-order valence-electron chi connectivity index (χ2n) is 6.09. The van der Waals surface area contributed by atoms with Gasteiger partial charge in [-0.1, -0.05) is 11.6 Å². The van der Waals surface area contributed by atoms with Gasteiger partial charge in [0.2, 0.25) is 0 Å². The fourth-order valence-electron chi connectivity index (χ4n) is 2.62. The van der Waals surface area contributed by atoms with Crippen LogP contribution in [0.2, 0.25) is 5.02 Å². The lowest BCUT2D eigenvalue weighted by Crippen LogP contribution is -2.47. The third-order valence-electron chi connectivity index (χ3n) is 3.77. The Morgan fingerprint density at radius 1 is 1.47 bits per heavy atom. The molecular formula is C15H22ClFN2. The summed E-state index contributed by atoms with van der Waals surface area (Å²) in [4.78, 5) is 2.38. The van der Waals surface area contributed by atoms with Gasteiger partial charge in [-0.25, -0.2) is 4.39 Å². The number of rotatable bonds is 2. The van der Waals surface area contributed by atoms with E-state index in [4.69, 9.17) is 11.6 Å². The molecule has 1 saturated heterocycles. The summed E-state index contributed by atoms with van der Waals surface area (Å²) in [5.41, 5.74) is 0.941. The quantitative estimate of drug-likeness (QED) is 0.895. The summed E-state index contributed by atoms with van der Waals surface area (Å²) in [5, 5.41) is 4.19. The van der Waals surface area contributed by atoms with Crippen LogP contribution < -0.4 is 5.32 Å². The molecule has 0 radical (unpaired) electrons. The zero-order valence-corrected chi connectivity index (χ0v) is 12.6. The summed E-state index contributed by atoms with van der Waals surface area (Å²) >= 11 is 6.17. The van der Waals surface area contributed by atoms with Gasteiger partial charge >= 0.3 is 0 Å². The van der Waals surface area contributed by atoms with Crippen LogP contribution in [-0.2, 0) is 6.54 Å². The first-order valence-electron chi connectivity index (χ1n) is 6.80. The van der Waals surface area contributed by atoms with Crippen molar-refractivity contribution in [3.05, 3.63) is 34.6 Å². The molecule has 2 rings (SSSR count). The molecule has 1 aliphatic heterocycles. The van der Waals surface area contributed by atoms with Crippen molar-refractivity contribution in [2.24, 2.45) is 0 Å². The molecule has 19 heavy (non-hydrogen) atoms. The molecule has 1 atom stereocenters. The minimum absolute atomic E-state index is 0.0740. The highest BCUT2D eigenvalue weighted by Gasteiger charge is 2.28. The first kappa shape index (κ1) is 14.8. The number of nitrogens with one attached hydrogen (secondary N) is 1. The van der Waals surface area contributed by atoms with Crippen LogP contribution in [0.5, 0.6) is 0 Å². The first-order valence-corrected chi connectivity index (χ1v) is 7.18.